The van der Waals surface area contributed by atoms with Gasteiger partial charge in [-0.05, 0) is 42.5 Å². The summed E-state index contributed by atoms with van der Waals surface area (Å²) >= 11 is 6.07. The van der Waals surface area contributed by atoms with Crippen LogP contribution in [0.4, 0.5) is 5.69 Å². The zero-order chi connectivity index (χ0) is 23.0. The molecule has 0 radical (unpaired) electrons. The van der Waals surface area contributed by atoms with Gasteiger partial charge in [0.15, 0.2) is 5.75 Å². The normalized spacial score (nSPS) is 16.2. The lowest BCUT2D eigenvalue weighted by Crippen LogP contribution is -2.50. The van der Waals surface area contributed by atoms with E-state index in [2.05, 4.69) is 4.90 Å². The number of aliphatic imine (C=N–C) groups is 1. The molecular weight excluding hydrogens is 462 g/mol. The SMILES string of the molecule is COc1ccc(Cl)cc1S(=O)(=O)N1CCN(C2=Nc3ccccc3Oc3ccccc32)CC1. The molecule has 170 valence electrons. The average molecular weight is 484 g/mol. The van der Waals surface area contributed by atoms with Crippen molar-refractivity contribution in [1.29, 1.82) is 0 Å². The summed E-state index contributed by atoms with van der Waals surface area (Å²) in [5.74, 6) is 2.46. The van der Waals surface area contributed by atoms with Crippen LogP contribution in [0.25, 0.3) is 0 Å². The molecule has 3 aromatic carbocycles. The maximum Gasteiger partial charge on any atom is 0.246 e. The van der Waals surface area contributed by atoms with Crippen molar-refractivity contribution < 1.29 is 17.9 Å². The number of halogens is 1. The van der Waals surface area contributed by atoms with Crippen LogP contribution in [0.1, 0.15) is 5.56 Å². The molecule has 7 nitrogen and oxygen atoms in total. The summed E-state index contributed by atoms with van der Waals surface area (Å²) in [5, 5.41) is 0.344. The number of nitrogens with zero attached hydrogens (tertiary/aromatic N) is 3. The summed E-state index contributed by atoms with van der Waals surface area (Å²) in [5.41, 5.74) is 1.61. The third kappa shape index (κ3) is 4.06. The van der Waals surface area contributed by atoms with Gasteiger partial charge in [0.25, 0.3) is 0 Å². The van der Waals surface area contributed by atoms with Crippen LogP contribution in [0.3, 0.4) is 0 Å². The molecule has 5 rings (SSSR count). The first-order valence-electron chi connectivity index (χ1n) is 10.5. The smallest absolute Gasteiger partial charge is 0.246 e. The van der Waals surface area contributed by atoms with Gasteiger partial charge in [0.1, 0.15) is 27.9 Å². The Kier molecular flexibility index (Phi) is 5.74. The van der Waals surface area contributed by atoms with Gasteiger partial charge in [-0.2, -0.15) is 4.31 Å². The van der Waals surface area contributed by atoms with Gasteiger partial charge in [-0.15, -0.1) is 0 Å². The van der Waals surface area contributed by atoms with Crippen LogP contribution < -0.4 is 9.47 Å². The van der Waals surface area contributed by atoms with Gasteiger partial charge in [-0.1, -0.05) is 35.9 Å². The van der Waals surface area contributed by atoms with Crippen molar-refractivity contribution in [3.05, 3.63) is 77.3 Å². The second-order valence-electron chi connectivity index (χ2n) is 7.69. The fraction of sp³-hybridized carbons (Fsp3) is 0.208. The topological polar surface area (TPSA) is 71.4 Å². The molecule has 1 saturated heterocycles. The molecule has 0 amide bonds. The molecule has 1 fully saturated rings. The Labute approximate surface area is 197 Å². The molecule has 2 aliphatic rings. The number of para-hydroxylation sites is 3. The molecule has 33 heavy (non-hydrogen) atoms. The van der Waals surface area contributed by atoms with E-state index in [0.29, 0.717) is 37.0 Å². The fourth-order valence-corrected chi connectivity index (χ4v) is 5.88. The minimum Gasteiger partial charge on any atom is -0.495 e. The van der Waals surface area contributed by atoms with Gasteiger partial charge in [-0.3, -0.25) is 0 Å². The molecule has 0 bridgehead atoms. The molecule has 0 aromatic heterocycles. The zero-order valence-corrected chi connectivity index (χ0v) is 19.5. The Hall–Kier alpha value is -3.07. The van der Waals surface area contributed by atoms with E-state index in [-0.39, 0.29) is 10.6 Å². The number of piperazine rings is 1. The van der Waals surface area contributed by atoms with Crippen molar-refractivity contribution in [3.63, 3.8) is 0 Å². The van der Waals surface area contributed by atoms with Crippen LogP contribution in [0.15, 0.2) is 76.6 Å². The monoisotopic (exact) mass is 483 g/mol. The molecule has 0 spiro atoms. The van der Waals surface area contributed by atoms with Crippen LogP contribution in [-0.2, 0) is 10.0 Å². The predicted molar refractivity (Wildman–Crippen MR) is 127 cm³/mol. The Morgan fingerprint density at radius 3 is 2.39 bits per heavy atom. The van der Waals surface area contributed by atoms with Crippen LogP contribution >= 0.6 is 11.6 Å². The molecule has 2 heterocycles. The van der Waals surface area contributed by atoms with Crippen LogP contribution in [-0.4, -0.2) is 56.7 Å². The van der Waals surface area contributed by atoms with Crippen molar-refractivity contribution in [2.45, 2.75) is 4.90 Å². The largest absolute Gasteiger partial charge is 0.495 e. The lowest BCUT2D eigenvalue weighted by atomic mass is 10.1. The van der Waals surface area contributed by atoms with Crippen molar-refractivity contribution in [1.82, 2.24) is 9.21 Å². The molecule has 0 N–H and O–H groups in total. The van der Waals surface area contributed by atoms with Gasteiger partial charge in [0.05, 0.1) is 12.7 Å². The Morgan fingerprint density at radius 2 is 1.64 bits per heavy atom. The molecule has 0 aliphatic carbocycles. The number of fused-ring (bicyclic) bond motifs is 2. The minimum absolute atomic E-state index is 0.0745. The highest BCUT2D eigenvalue weighted by molar-refractivity contribution is 7.89. The molecule has 2 aliphatic heterocycles. The second kappa shape index (κ2) is 8.70. The van der Waals surface area contributed by atoms with Crippen molar-refractivity contribution >= 4 is 33.1 Å². The summed E-state index contributed by atoms with van der Waals surface area (Å²) in [7, 11) is -2.32. The Balaban J connectivity index is 1.44. The molecular formula is C24H22ClN3O4S. The Bertz CT molecular complexity index is 1340. The number of methoxy groups -OCH3 is 1. The third-order valence-electron chi connectivity index (χ3n) is 5.72. The van der Waals surface area contributed by atoms with E-state index in [1.807, 2.05) is 48.5 Å². The van der Waals surface area contributed by atoms with E-state index in [1.54, 1.807) is 12.1 Å². The number of hydrogen-bond donors (Lipinski definition) is 0. The van der Waals surface area contributed by atoms with E-state index in [4.69, 9.17) is 26.1 Å². The molecule has 9 heteroatoms. The summed E-state index contributed by atoms with van der Waals surface area (Å²) in [6, 6.07) is 20.0. The van der Waals surface area contributed by atoms with Crippen LogP contribution in [0, 0.1) is 0 Å². The third-order valence-corrected chi connectivity index (χ3v) is 7.88. The number of sulfonamides is 1. The number of amidine groups is 1. The lowest BCUT2D eigenvalue weighted by molar-refractivity contribution is 0.265. The van der Waals surface area contributed by atoms with Gasteiger partial charge in [0.2, 0.25) is 10.0 Å². The Morgan fingerprint density at radius 1 is 0.939 bits per heavy atom. The first-order chi connectivity index (χ1) is 16.0. The van der Waals surface area contributed by atoms with Gasteiger partial charge < -0.3 is 14.4 Å². The maximum absolute atomic E-state index is 13.3. The van der Waals surface area contributed by atoms with Gasteiger partial charge in [-0.25, -0.2) is 13.4 Å². The van der Waals surface area contributed by atoms with E-state index in [0.717, 1.165) is 22.8 Å². The summed E-state index contributed by atoms with van der Waals surface area (Å²) < 4.78 is 39.5. The van der Waals surface area contributed by atoms with Gasteiger partial charge in [0, 0.05) is 31.2 Å². The maximum atomic E-state index is 13.3. The molecule has 0 unspecified atom stereocenters. The average Bonchev–Trinajstić information content (AvgIpc) is 3.01. The summed E-state index contributed by atoms with van der Waals surface area (Å²) in [6.45, 7) is 1.58. The fourth-order valence-electron chi connectivity index (χ4n) is 4.04. The number of rotatable bonds is 3. The summed E-state index contributed by atoms with van der Waals surface area (Å²) in [4.78, 5) is 7.08. The molecule has 0 saturated carbocycles. The van der Waals surface area contributed by atoms with Crippen LogP contribution in [0.5, 0.6) is 17.2 Å². The van der Waals surface area contributed by atoms with Gasteiger partial charge >= 0.3 is 0 Å². The van der Waals surface area contributed by atoms with Crippen molar-refractivity contribution in [2.24, 2.45) is 4.99 Å². The molecule has 0 atom stereocenters. The summed E-state index contributed by atoms with van der Waals surface area (Å²) in [6.07, 6.45) is 0. The van der Waals surface area contributed by atoms with E-state index >= 15 is 0 Å². The number of hydrogen-bond acceptors (Lipinski definition) is 6. The lowest BCUT2D eigenvalue weighted by Gasteiger charge is -2.36. The van der Waals surface area contributed by atoms with E-state index in [9.17, 15) is 8.42 Å². The highest BCUT2D eigenvalue weighted by Gasteiger charge is 2.33. The van der Waals surface area contributed by atoms with Crippen molar-refractivity contribution in [2.75, 3.05) is 33.3 Å². The predicted octanol–water partition coefficient (Wildman–Crippen LogP) is 4.54. The zero-order valence-electron chi connectivity index (χ0n) is 17.9. The van der Waals surface area contributed by atoms with E-state index < -0.39 is 10.0 Å². The standard InChI is InChI=1S/C24H22ClN3O4S/c1-31-22-11-10-17(25)16-23(22)33(29,30)28-14-12-27(13-15-28)24-18-6-2-4-8-20(18)32-21-9-5-3-7-19(21)26-24/h2-11,16H,12-15H2,1H3. The minimum atomic E-state index is -3.77. The molecule has 3 aromatic rings. The number of benzene rings is 3. The quantitative estimate of drug-likeness (QED) is 0.547. The van der Waals surface area contributed by atoms with Crippen LogP contribution in [0.2, 0.25) is 5.02 Å². The second-order valence-corrected chi connectivity index (χ2v) is 10.0. The highest BCUT2D eigenvalue weighted by atomic mass is 35.5. The first kappa shape index (κ1) is 21.8. The highest BCUT2D eigenvalue weighted by Crippen LogP contribution is 2.38. The first-order valence-corrected chi connectivity index (χ1v) is 12.3. The van der Waals surface area contributed by atoms with E-state index in [1.165, 1.54) is 17.5 Å². The van der Waals surface area contributed by atoms with Crippen molar-refractivity contribution in [3.8, 4) is 17.2 Å². The number of ether oxygens (including phenoxy) is 2.